The fourth-order valence-corrected chi connectivity index (χ4v) is 2.55. The van der Waals surface area contributed by atoms with E-state index in [1.54, 1.807) is 0 Å². The van der Waals surface area contributed by atoms with E-state index in [9.17, 15) is 4.79 Å². The number of carbonyl (C=O) groups excluding carboxylic acids is 1. The number of amides is 1. The summed E-state index contributed by atoms with van der Waals surface area (Å²) in [4.78, 5) is 10.6. The van der Waals surface area contributed by atoms with Crippen LogP contribution in [0, 0.1) is 0 Å². The van der Waals surface area contributed by atoms with Gasteiger partial charge in [0.2, 0.25) is 5.91 Å². The summed E-state index contributed by atoms with van der Waals surface area (Å²) in [5.74, 6) is -0.195. The zero-order valence-electron chi connectivity index (χ0n) is 6.68. The van der Waals surface area contributed by atoms with Gasteiger partial charge in [-0.1, -0.05) is 15.2 Å². The van der Waals surface area contributed by atoms with Gasteiger partial charge in [0, 0.05) is 6.54 Å². The first-order valence-corrected chi connectivity index (χ1v) is 5.21. The number of hydrogen-bond acceptors (Lipinski definition) is 2. The zero-order chi connectivity index (χ0) is 8.10. The molecule has 1 saturated heterocycles. The number of rotatable bonds is 2. The van der Waals surface area contributed by atoms with Crippen LogP contribution in [-0.2, 0) is 4.79 Å². The molecule has 1 aliphatic rings. The van der Waals surface area contributed by atoms with Crippen LogP contribution in [0.1, 0.15) is 19.3 Å². The molecule has 0 aromatic carbocycles. The van der Waals surface area contributed by atoms with E-state index < -0.39 is 0 Å². The van der Waals surface area contributed by atoms with Gasteiger partial charge in [0.1, 0.15) is 0 Å². The Labute approximate surface area is 69.2 Å². The molecule has 0 aromatic rings. The van der Waals surface area contributed by atoms with Crippen molar-refractivity contribution < 1.29 is 4.79 Å². The molecule has 0 bridgehead atoms. The Bertz CT molecular complexity index is 132. The lowest BCUT2D eigenvalue weighted by Gasteiger charge is -2.16. The van der Waals surface area contributed by atoms with E-state index in [0.29, 0.717) is 6.54 Å². The number of primary amides is 1. The van der Waals surface area contributed by atoms with Crippen LogP contribution in [-0.4, -0.2) is 29.8 Å². The molecule has 1 aliphatic heterocycles. The number of carbonyl (C=O) groups is 1. The van der Waals surface area contributed by atoms with E-state index in [-0.39, 0.29) is 5.91 Å². The van der Waals surface area contributed by atoms with Gasteiger partial charge in [-0.15, -0.1) is 0 Å². The van der Waals surface area contributed by atoms with Crippen molar-refractivity contribution >= 4 is 14.6 Å². The smallest absolute Gasteiger partial charge is 0.231 e. The number of nitrogens with zero attached hydrogens (tertiary/aromatic N) is 1. The van der Waals surface area contributed by atoms with E-state index in [4.69, 9.17) is 5.73 Å². The molecule has 0 aromatic heterocycles. The molecule has 3 nitrogen and oxygen atoms in total. The Morgan fingerprint density at radius 2 is 2.27 bits per heavy atom. The second-order valence-electron chi connectivity index (χ2n) is 2.86. The summed E-state index contributed by atoms with van der Waals surface area (Å²) >= 11 is 0. The third-order valence-corrected chi connectivity index (χ3v) is 3.19. The first kappa shape index (κ1) is 8.95. The normalized spacial score (nSPS) is 23.3. The maximum Gasteiger partial charge on any atom is 0.231 e. The Morgan fingerprint density at radius 1 is 1.45 bits per heavy atom. The molecule has 0 saturated carbocycles. The number of nitrogens with two attached hydrogens (primary N) is 1. The van der Waals surface area contributed by atoms with Crippen LogP contribution in [0.2, 0.25) is 0 Å². The summed E-state index contributed by atoms with van der Waals surface area (Å²) in [5, 5.41) is 0. The van der Waals surface area contributed by atoms with Gasteiger partial charge in [-0.3, -0.25) is 9.46 Å². The topological polar surface area (TPSA) is 46.3 Å². The third-order valence-electron chi connectivity index (χ3n) is 1.79. The molecule has 0 radical (unpaired) electrons. The highest BCUT2D eigenvalue weighted by molar-refractivity contribution is 7.35. The number of hydrogen-bond donors (Lipinski definition) is 1. The molecule has 0 spiro atoms. The quantitative estimate of drug-likeness (QED) is 0.621. The molecule has 64 valence electrons. The summed E-state index contributed by atoms with van der Waals surface area (Å²) in [5.41, 5.74) is 5.10. The van der Waals surface area contributed by atoms with Gasteiger partial charge in [0.15, 0.2) is 0 Å². The highest BCUT2D eigenvalue weighted by Crippen LogP contribution is 2.23. The lowest BCUT2D eigenvalue weighted by molar-refractivity contribution is -0.118. The SMILES string of the molecule is NC(=O)CN1CCCCCP1. The van der Waals surface area contributed by atoms with E-state index in [0.717, 1.165) is 15.3 Å². The van der Waals surface area contributed by atoms with Crippen molar-refractivity contribution in [2.24, 2.45) is 5.73 Å². The van der Waals surface area contributed by atoms with Gasteiger partial charge in [0.25, 0.3) is 0 Å². The summed E-state index contributed by atoms with van der Waals surface area (Å²) < 4.78 is 2.18. The van der Waals surface area contributed by atoms with Crippen molar-refractivity contribution in [2.45, 2.75) is 19.3 Å². The maximum atomic E-state index is 10.6. The monoisotopic (exact) mass is 174 g/mol. The predicted molar refractivity (Wildman–Crippen MR) is 47.8 cm³/mol. The molecular formula is C7H15N2OP. The summed E-state index contributed by atoms with van der Waals surface area (Å²) in [6.45, 7) is 1.51. The minimum atomic E-state index is -0.195. The summed E-state index contributed by atoms with van der Waals surface area (Å²) in [6, 6.07) is 0. The lowest BCUT2D eigenvalue weighted by atomic mass is 10.2. The van der Waals surface area contributed by atoms with Crippen molar-refractivity contribution in [1.82, 2.24) is 4.67 Å². The van der Waals surface area contributed by atoms with Crippen molar-refractivity contribution in [2.75, 3.05) is 19.3 Å². The molecule has 1 atom stereocenters. The van der Waals surface area contributed by atoms with Crippen LogP contribution >= 0.6 is 8.73 Å². The first-order chi connectivity index (χ1) is 5.29. The molecule has 11 heavy (non-hydrogen) atoms. The molecular weight excluding hydrogens is 159 g/mol. The maximum absolute atomic E-state index is 10.6. The largest absolute Gasteiger partial charge is 0.369 e. The van der Waals surface area contributed by atoms with Crippen LogP contribution < -0.4 is 5.73 Å². The van der Waals surface area contributed by atoms with E-state index in [1.807, 2.05) is 0 Å². The molecule has 1 rings (SSSR count). The van der Waals surface area contributed by atoms with Gasteiger partial charge in [-0.25, -0.2) is 0 Å². The van der Waals surface area contributed by atoms with E-state index >= 15 is 0 Å². The van der Waals surface area contributed by atoms with Crippen molar-refractivity contribution in [3.63, 3.8) is 0 Å². The third kappa shape index (κ3) is 3.68. The molecule has 1 heterocycles. The van der Waals surface area contributed by atoms with Gasteiger partial charge in [0.05, 0.1) is 6.54 Å². The van der Waals surface area contributed by atoms with Gasteiger partial charge < -0.3 is 5.73 Å². The van der Waals surface area contributed by atoms with Crippen LogP contribution in [0.25, 0.3) is 0 Å². The van der Waals surface area contributed by atoms with Crippen molar-refractivity contribution in [3.8, 4) is 0 Å². The first-order valence-electron chi connectivity index (χ1n) is 4.06. The van der Waals surface area contributed by atoms with Crippen LogP contribution in [0.15, 0.2) is 0 Å². The van der Waals surface area contributed by atoms with E-state index in [1.165, 1.54) is 25.4 Å². The molecule has 2 N–H and O–H groups in total. The molecule has 0 aliphatic carbocycles. The zero-order valence-corrected chi connectivity index (χ0v) is 7.68. The standard InChI is InChI=1S/C7H15N2OP/c8-7(10)6-9-4-2-1-3-5-11-9/h11H,1-6H2,(H2,8,10). The minimum Gasteiger partial charge on any atom is -0.369 e. The minimum absolute atomic E-state index is 0.195. The summed E-state index contributed by atoms with van der Waals surface area (Å²) in [7, 11) is 0.811. The van der Waals surface area contributed by atoms with Crippen molar-refractivity contribution in [3.05, 3.63) is 0 Å². The molecule has 1 fully saturated rings. The van der Waals surface area contributed by atoms with Crippen LogP contribution in [0.3, 0.4) is 0 Å². The van der Waals surface area contributed by atoms with Gasteiger partial charge in [-0.05, 0) is 19.0 Å². The predicted octanol–water partition coefficient (Wildman–Crippen LogP) is 0.551. The molecule has 4 heteroatoms. The van der Waals surface area contributed by atoms with Crippen LogP contribution in [0.5, 0.6) is 0 Å². The Balaban J connectivity index is 2.25. The molecule has 1 amide bonds. The second-order valence-corrected chi connectivity index (χ2v) is 4.31. The average Bonchev–Trinajstić information content (AvgIpc) is 2.14. The molecule has 1 unspecified atom stereocenters. The highest BCUT2D eigenvalue weighted by Gasteiger charge is 2.10. The van der Waals surface area contributed by atoms with Gasteiger partial charge in [-0.2, -0.15) is 0 Å². The highest BCUT2D eigenvalue weighted by atomic mass is 31.1. The van der Waals surface area contributed by atoms with Crippen molar-refractivity contribution in [1.29, 1.82) is 0 Å². The second kappa shape index (κ2) is 4.68. The Hall–Kier alpha value is -0.140. The van der Waals surface area contributed by atoms with Crippen LogP contribution in [0.4, 0.5) is 0 Å². The fraction of sp³-hybridized carbons (Fsp3) is 0.857. The van der Waals surface area contributed by atoms with E-state index in [2.05, 4.69) is 4.67 Å². The van der Waals surface area contributed by atoms with Gasteiger partial charge >= 0.3 is 0 Å². The Kier molecular flexibility index (Phi) is 3.81. The average molecular weight is 174 g/mol. The fourth-order valence-electron chi connectivity index (χ4n) is 1.24. The lowest BCUT2D eigenvalue weighted by Crippen LogP contribution is -2.28. The Morgan fingerprint density at radius 3 is 3.00 bits per heavy atom. The summed E-state index contributed by atoms with van der Waals surface area (Å²) in [6.07, 6.45) is 5.09.